The Labute approximate surface area is 196 Å². The average molecular weight is 451 g/mol. The van der Waals surface area contributed by atoms with Crippen molar-refractivity contribution in [2.45, 2.75) is 13.3 Å². The van der Waals surface area contributed by atoms with Crippen LogP contribution in [-0.4, -0.2) is 24.8 Å². The summed E-state index contributed by atoms with van der Waals surface area (Å²) < 4.78 is 4.71. The van der Waals surface area contributed by atoms with Crippen molar-refractivity contribution >= 4 is 40.3 Å². The van der Waals surface area contributed by atoms with Gasteiger partial charge in [0.25, 0.3) is 5.91 Å². The fourth-order valence-electron chi connectivity index (χ4n) is 3.71. The molecule has 1 aliphatic heterocycles. The van der Waals surface area contributed by atoms with Crippen LogP contribution in [0, 0.1) is 11.3 Å². The van der Waals surface area contributed by atoms with Crippen LogP contribution in [0.2, 0.25) is 0 Å². The van der Waals surface area contributed by atoms with Gasteiger partial charge in [-0.15, -0.1) is 0 Å². The summed E-state index contributed by atoms with van der Waals surface area (Å²) in [6, 6.07) is 21.3. The summed E-state index contributed by atoms with van der Waals surface area (Å²) in [6.07, 6.45) is 0.157. The lowest BCUT2D eigenvalue weighted by Gasteiger charge is -2.15. The highest BCUT2D eigenvalue weighted by Gasteiger charge is 2.29. The smallest absolute Gasteiger partial charge is 0.309 e. The molecule has 0 aliphatic carbocycles. The number of fused-ring (bicyclic) bond motifs is 1. The van der Waals surface area contributed by atoms with Crippen molar-refractivity contribution < 1.29 is 19.1 Å². The molecule has 7 heteroatoms. The van der Waals surface area contributed by atoms with Gasteiger partial charge >= 0.3 is 5.97 Å². The Morgan fingerprint density at radius 1 is 1.00 bits per heavy atom. The van der Waals surface area contributed by atoms with Crippen molar-refractivity contribution in [1.82, 2.24) is 0 Å². The number of rotatable bonds is 6. The number of carbonyl (C=O) groups excluding carboxylic acids is 3. The number of Topliss-reactive ketones (excluding diaryl/α,β-unsaturated/α-hetero) is 1. The molecule has 0 spiro atoms. The minimum Gasteiger partial charge on any atom is -0.469 e. The van der Waals surface area contributed by atoms with Crippen LogP contribution in [0.3, 0.4) is 0 Å². The molecule has 3 aromatic rings. The van der Waals surface area contributed by atoms with Crippen LogP contribution in [0.4, 0.5) is 11.4 Å². The maximum Gasteiger partial charge on any atom is 0.309 e. The van der Waals surface area contributed by atoms with Crippen LogP contribution in [0.15, 0.2) is 66.7 Å². The Morgan fingerprint density at radius 3 is 2.29 bits per heavy atom. The Kier molecular flexibility index (Phi) is 6.24. The molecule has 34 heavy (non-hydrogen) atoms. The number of nitriles is 1. The summed E-state index contributed by atoms with van der Waals surface area (Å²) >= 11 is 0. The van der Waals surface area contributed by atoms with E-state index in [0.29, 0.717) is 44.9 Å². The van der Waals surface area contributed by atoms with Crippen molar-refractivity contribution in [3.05, 3.63) is 94.5 Å². The third kappa shape index (κ3) is 4.57. The lowest BCUT2D eigenvalue weighted by atomic mass is 9.97. The Morgan fingerprint density at radius 2 is 1.68 bits per heavy atom. The van der Waals surface area contributed by atoms with E-state index in [0.717, 1.165) is 5.56 Å². The monoisotopic (exact) mass is 451 g/mol. The second kappa shape index (κ2) is 9.43. The highest BCUT2D eigenvalue weighted by molar-refractivity contribution is 6.37. The van der Waals surface area contributed by atoms with Crippen LogP contribution in [0.5, 0.6) is 0 Å². The van der Waals surface area contributed by atoms with E-state index in [2.05, 4.69) is 16.7 Å². The number of carbonyl (C=O) groups is 3. The zero-order chi connectivity index (χ0) is 24.2. The standard InChI is InChI=1S/C27H21N3O4/c1-16(31)20-9-12-23-22(14-20)25(27(33)30-23)26(19-7-3-18(15-28)4-8-19)29-21-10-5-17(6-11-21)13-24(32)34-2/h3-12,14,29H,13H2,1-2H3,(H,30,33)/b26-25-. The van der Waals surface area contributed by atoms with Gasteiger partial charge in [-0.1, -0.05) is 24.3 Å². The van der Waals surface area contributed by atoms with Crippen molar-refractivity contribution in [1.29, 1.82) is 5.26 Å². The number of nitrogens with zero attached hydrogens (tertiary/aromatic N) is 1. The summed E-state index contributed by atoms with van der Waals surface area (Å²) in [7, 11) is 1.34. The van der Waals surface area contributed by atoms with Gasteiger partial charge in [0.2, 0.25) is 0 Å². The molecular weight excluding hydrogens is 430 g/mol. The third-order valence-electron chi connectivity index (χ3n) is 5.52. The van der Waals surface area contributed by atoms with Crippen molar-refractivity contribution in [3.8, 4) is 6.07 Å². The average Bonchev–Trinajstić information content (AvgIpc) is 3.18. The summed E-state index contributed by atoms with van der Waals surface area (Å²) in [4.78, 5) is 36.6. The molecule has 0 unspecified atom stereocenters. The normalized spacial score (nSPS) is 13.4. The minimum atomic E-state index is -0.332. The van der Waals surface area contributed by atoms with E-state index < -0.39 is 0 Å². The first-order valence-electron chi connectivity index (χ1n) is 10.5. The zero-order valence-corrected chi connectivity index (χ0v) is 18.6. The second-order valence-electron chi connectivity index (χ2n) is 7.78. The topological polar surface area (TPSA) is 108 Å². The van der Waals surface area contributed by atoms with Gasteiger partial charge in [0, 0.05) is 22.5 Å². The van der Waals surface area contributed by atoms with Gasteiger partial charge in [-0.3, -0.25) is 14.4 Å². The number of methoxy groups -OCH3 is 1. The van der Waals surface area contributed by atoms with Gasteiger partial charge in [0.1, 0.15) is 0 Å². The number of ketones is 1. The number of benzene rings is 3. The molecule has 1 aliphatic rings. The number of ether oxygens (including phenoxy) is 1. The van der Waals surface area contributed by atoms with Crippen molar-refractivity contribution in [3.63, 3.8) is 0 Å². The number of nitrogens with one attached hydrogen (secondary N) is 2. The zero-order valence-electron chi connectivity index (χ0n) is 18.6. The van der Waals surface area contributed by atoms with Crippen molar-refractivity contribution in [2.24, 2.45) is 0 Å². The Balaban J connectivity index is 1.81. The fourth-order valence-corrected chi connectivity index (χ4v) is 3.71. The van der Waals surface area contributed by atoms with Crippen LogP contribution in [0.25, 0.3) is 11.3 Å². The predicted molar refractivity (Wildman–Crippen MR) is 129 cm³/mol. The van der Waals surface area contributed by atoms with Crippen LogP contribution >= 0.6 is 0 Å². The summed E-state index contributed by atoms with van der Waals surface area (Å²) in [5.41, 5.74) is 5.34. The van der Waals surface area contributed by atoms with E-state index in [1.165, 1.54) is 14.0 Å². The van der Waals surface area contributed by atoms with Crippen LogP contribution in [0.1, 0.15) is 39.5 Å². The lowest BCUT2D eigenvalue weighted by molar-refractivity contribution is -0.139. The molecule has 1 heterocycles. The first kappa shape index (κ1) is 22.5. The summed E-state index contributed by atoms with van der Waals surface area (Å²) in [5, 5.41) is 15.3. The Bertz CT molecular complexity index is 1360. The minimum absolute atomic E-state index is 0.101. The molecular formula is C27H21N3O4. The molecule has 0 bridgehead atoms. The molecule has 3 aromatic carbocycles. The van der Waals surface area contributed by atoms with E-state index in [9.17, 15) is 14.4 Å². The van der Waals surface area contributed by atoms with Crippen LogP contribution in [-0.2, 0) is 20.7 Å². The highest BCUT2D eigenvalue weighted by Crippen LogP contribution is 2.38. The largest absolute Gasteiger partial charge is 0.469 e. The van der Waals surface area contributed by atoms with E-state index in [-0.39, 0.29) is 24.1 Å². The molecule has 7 nitrogen and oxygen atoms in total. The fraction of sp³-hybridized carbons (Fsp3) is 0.111. The number of hydrogen-bond donors (Lipinski definition) is 2. The van der Waals surface area contributed by atoms with E-state index >= 15 is 0 Å². The SMILES string of the molecule is COC(=O)Cc1ccc(N/C(=C2\C(=O)Nc3ccc(C(C)=O)cc32)c2ccc(C#N)cc2)cc1. The number of hydrogen-bond acceptors (Lipinski definition) is 6. The van der Waals surface area contributed by atoms with E-state index in [1.54, 1.807) is 54.6 Å². The first-order chi connectivity index (χ1) is 16.4. The predicted octanol–water partition coefficient (Wildman–Crippen LogP) is 4.41. The number of esters is 1. The number of anilines is 2. The molecule has 0 radical (unpaired) electrons. The Hall–Kier alpha value is -4.70. The molecule has 0 aromatic heterocycles. The molecule has 168 valence electrons. The van der Waals surface area contributed by atoms with Gasteiger partial charge in [0.05, 0.1) is 36.4 Å². The lowest BCUT2D eigenvalue weighted by Crippen LogP contribution is -2.10. The van der Waals surface area contributed by atoms with Crippen molar-refractivity contribution in [2.75, 3.05) is 17.7 Å². The van der Waals surface area contributed by atoms with Crippen LogP contribution < -0.4 is 10.6 Å². The van der Waals surface area contributed by atoms with Gasteiger partial charge in [-0.2, -0.15) is 5.26 Å². The molecule has 0 fully saturated rings. The molecule has 0 atom stereocenters. The van der Waals surface area contributed by atoms with Gasteiger partial charge in [-0.05, 0) is 60.5 Å². The second-order valence-corrected chi connectivity index (χ2v) is 7.78. The summed E-state index contributed by atoms with van der Waals surface area (Å²) in [6.45, 7) is 1.48. The molecule has 4 rings (SSSR count). The first-order valence-corrected chi connectivity index (χ1v) is 10.5. The van der Waals surface area contributed by atoms with Gasteiger partial charge in [0.15, 0.2) is 5.78 Å². The number of amides is 1. The molecule has 1 amide bonds. The highest BCUT2D eigenvalue weighted by atomic mass is 16.5. The third-order valence-corrected chi connectivity index (χ3v) is 5.52. The van der Waals surface area contributed by atoms with Gasteiger partial charge in [-0.25, -0.2) is 0 Å². The molecule has 0 saturated heterocycles. The maximum absolute atomic E-state index is 13.1. The van der Waals surface area contributed by atoms with E-state index in [4.69, 9.17) is 10.00 Å². The summed E-state index contributed by atoms with van der Waals surface area (Å²) in [5.74, 6) is -0.734. The quantitative estimate of drug-likeness (QED) is 0.327. The van der Waals surface area contributed by atoms with Gasteiger partial charge < -0.3 is 15.4 Å². The maximum atomic E-state index is 13.1. The molecule has 2 N–H and O–H groups in total. The van der Waals surface area contributed by atoms with E-state index in [1.807, 2.05) is 12.1 Å². The molecule has 0 saturated carbocycles.